The van der Waals surface area contributed by atoms with E-state index in [4.69, 9.17) is 5.11 Å². The number of methoxy groups -OCH3 is 1. The lowest BCUT2D eigenvalue weighted by molar-refractivity contribution is -0.141. The van der Waals surface area contributed by atoms with Crippen molar-refractivity contribution >= 4 is 11.9 Å². The van der Waals surface area contributed by atoms with E-state index in [0.717, 1.165) is 0 Å². The number of carboxylic acids is 1. The summed E-state index contributed by atoms with van der Waals surface area (Å²) in [5.41, 5.74) is 0. The van der Waals surface area contributed by atoms with Gasteiger partial charge in [-0.15, -0.1) is 0 Å². The Morgan fingerprint density at radius 1 is 1.62 bits per heavy atom. The molecule has 1 atom stereocenters. The molecule has 1 amide bonds. The Labute approximate surface area is 76.3 Å². The first-order valence-corrected chi connectivity index (χ1v) is 4.14. The van der Waals surface area contributed by atoms with Gasteiger partial charge in [0, 0.05) is 20.2 Å². The molecule has 13 heavy (non-hydrogen) atoms. The van der Waals surface area contributed by atoms with E-state index < -0.39 is 11.9 Å². The maximum atomic E-state index is 11.2. The fourth-order valence-corrected chi connectivity index (χ4v) is 1.40. The number of nitrogens with zero attached hydrogens (tertiary/aromatic N) is 1. The summed E-state index contributed by atoms with van der Waals surface area (Å²) < 4.78 is 4.67. The summed E-state index contributed by atoms with van der Waals surface area (Å²) >= 11 is 0. The molecular formula is C8H13NO4. The summed E-state index contributed by atoms with van der Waals surface area (Å²) in [6.07, 6.45) is 0.546. The highest BCUT2D eigenvalue weighted by atomic mass is 16.5. The van der Waals surface area contributed by atoms with E-state index in [0.29, 0.717) is 19.5 Å². The maximum Gasteiger partial charge on any atom is 0.308 e. The van der Waals surface area contributed by atoms with Gasteiger partial charge in [0.1, 0.15) is 6.61 Å². The van der Waals surface area contributed by atoms with E-state index in [1.807, 2.05) is 0 Å². The second-order valence-electron chi connectivity index (χ2n) is 3.10. The highest BCUT2D eigenvalue weighted by Crippen LogP contribution is 2.16. The predicted octanol–water partition coefficient (Wildman–Crippen LogP) is -0.434. The molecule has 0 aromatic heterocycles. The van der Waals surface area contributed by atoms with E-state index >= 15 is 0 Å². The molecule has 1 aliphatic rings. The number of hydrogen-bond acceptors (Lipinski definition) is 3. The first-order valence-electron chi connectivity index (χ1n) is 4.14. The van der Waals surface area contributed by atoms with Crippen LogP contribution in [-0.2, 0) is 14.3 Å². The van der Waals surface area contributed by atoms with Gasteiger partial charge in [-0.05, 0) is 6.42 Å². The van der Waals surface area contributed by atoms with Gasteiger partial charge in [0.15, 0.2) is 0 Å². The maximum absolute atomic E-state index is 11.2. The Balaban J connectivity index is 2.40. The van der Waals surface area contributed by atoms with Crippen molar-refractivity contribution in [3.63, 3.8) is 0 Å². The Morgan fingerprint density at radius 2 is 2.31 bits per heavy atom. The lowest BCUT2D eigenvalue weighted by atomic mass is 10.1. The number of likely N-dealkylation sites (tertiary alicyclic amines) is 1. The average molecular weight is 187 g/mol. The first-order chi connectivity index (χ1) is 6.15. The van der Waals surface area contributed by atoms with Crippen molar-refractivity contribution in [2.45, 2.75) is 6.42 Å². The second-order valence-corrected chi connectivity index (χ2v) is 3.10. The second kappa shape index (κ2) is 4.23. The Bertz CT molecular complexity index is 216. The van der Waals surface area contributed by atoms with E-state index in [2.05, 4.69) is 4.74 Å². The van der Waals surface area contributed by atoms with Crippen LogP contribution in [0.1, 0.15) is 6.42 Å². The molecule has 1 fully saturated rings. The zero-order valence-corrected chi connectivity index (χ0v) is 7.52. The number of amides is 1. The molecule has 0 aromatic carbocycles. The molecule has 0 aromatic rings. The molecule has 1 saturated heterocycles. The van der Waals surface area contributed by atoms with Crippen molar-refractivity contribution in [1.82, 2.24) is 4.90 Å². The van der Waals surface area contributed by atoms with E-state index in [9.17, 15) is 9.59 Å². The molecule has 5 heteroatoms. The average Bonchev–Trinajstić information content (AvgIpc) is 2.52. The van der Waals surface area contributed by atoms with Crippen molar-refractivity contribution in [3.8, 4) is 0 Å². The van der Waals surface area contributed by atoms with Gasteiger partial charge < -0.3 is 14.7 Å². The molecule has 0 unspecified atom stereocenters. The standard InChI is InChI=1S/C8H13NO4/c1-13-5-7(10)9-3-2-6(4-9)8(11)12/h6H,2-5H2,1H3,(H,11,12)/t6-/m1/s1. The lowest BCUT2D eigenvalue weighted by Gasteiger charge is -2.14. The van der Waals surface area contributed by atoms with Crippen LogP contribution in [0, 0.1) is 5.92 Å². The van der Waals surface area contributed by atoms with Crippen LogP contribution in [0.5, 0.6) is 0 Å². The van der Waals surface area contributed by atoms with E-state index in [1.54, 1.807) is 0 Å². The Kier molecular flexibility index (Phi) is 3.25. The molecule has 0 radical (unpaired) electrons. The van der Waals surface area contributed by atoms with Gasteiger partial charge in [-0.25, -0.2) is 0 Å². The van der Waals surface area contributed by atoms with Crippen molar-refractivity contribution < 1.29 is 19.4 Å². The monoisotopic (exact) mass is 187 g/mol. The SMILES string of the molecule is COCC(=O)N1CC[C@@H](C(=O)O)C1. The predicted molar refractivity (Wildman–Crippen MR) is 44.2 cm³/mol. The normalized spacial score (nSPS) is 21.9. The van der Waals surface area contributed by atoms with Crippen LogP contribution < -0.4 is 0 Å². The minimum Gasteiger partial charge on any atom is -0.481 e. The third kappa shape index (κ3) is 2.42. The zero-order valence-electron chi connectivity index (χ0n) is 7.52. The summed E-state index contributed by atoms with van der Waals surface area (Å²) in [5, 5.41) is 8.67. The lowest BCUT2D eigenvalue weighted by Crippen LogP contribution is -2.32. The minimum atomic E-state index is -0.826. The van der Waals surface area contributed by atoms with Crippen molar-refractivity contribution in [2.75, 3.05) is 26.8 Å². The van der Waals surface area contributed by atoms with Gasteiger partial charge in [0.2, 0.25) is 5.91 Å². The van der Waals surface area contributed by atoms with Gasteiger partial charge in [0.05, 0.1) is 5.92 Å². The fourth-order valence-electron chi connectivity index (χ4n) is 1.40. The third-order valence-electron chi connectivity index (χ3n) is 2.16. The fraction of sp³-hybridized carbons (Fsp3) is 0.750. The molecule has 1 rings (SSSR count). The number of rotatable bonds is 3. The number of ether oxygens (including phenoxy) is 1. The smallest absolute Gasteiger partial charge is 0.308 e. The number of carbonyl (C=O) groups is 2. The largest absolute Gasteiger partial charge is 0.481 e. The molecular weight excluding hydrogens is 174 g/mol. The highest BCUT2D eigenvalue weighted by molar-refractivity contribution is 5.79. The van der Waals surface area contributed by atoms with Crippen LogP contribution in [0.2, 0.25) is 0 Å². The van der Waals surface area contributed by atoms with Gasteiger partial charge in [0.25, 0.3) is 0 Å². The van der Waals surface area contributed by atoms with E-state index in [-0.39, 0.29) is 12.5 Å². The molecule has 74 valence electrons. The number of carboxylic acid groups (broad SMARTS) is 1. The van der Waals surface area contributed by atoms with Gasteiger partial charge >= 0.3 is 5.97 Å². The Hall–Kier alpha value is -1.10. The number of hydrogen-bond donors (Lipinski definition) is 1. The van der Waals surface area contributed by atoms with Crippen molar-refractivity contribution in [2.24, 2.45) is 5.92 Å². The molecule has 1 aliphatic heterocycles. The minimum absolute atomic E-state index is 0.0341. The van der Waals surface area contributed by atoms with Crippen LogP contribution in [-0.4, -0.2) is 48.7 Å². The first kappa shape index (κ1) is 9.98. The van der Waals surface area contributed by atoms with Crippen LogP contribution in [0.4, 0.5) is 0 Å². The van der Waals surface area contributed by atoms with Crippen molar-refractivity contribution in [1.29, 1.82) is 0 Å². The third-order valence-corrected chi connectivity index (χ3v) is 2.16. The van der Waals surface area contributed by atoms with E-state index in [1.165, 1.54) is 12.0 Å². The molecule has 0 aliphatic carbocycles. The van der Waals surface area contributed by atoms with Crippen LogP contribution >= 0.6 is 0 Å². The summed E-state index contributed by atoms with van der Waals surface area (Å²) in [4.78, 5) is 23.3. The highest BCUT2D eigenvalue weighted by Gasteiger charge is 2.30. The summed E-state index contributed by atoms with van der Waals surface area (Å²) in [6, 6.07) is 0. The quantitative estimate of drug-likeness (QED) is 0.650. The summed E-state index contributed by atoms with van der Waals surface area (Å²) in [5.74, 6) is -1.36. The number of carbonyl (C=O) groups excluding carboxylic acids is 1. The molecule has 0 saturated carbocycles. The van der Waals surface area contributed by atoms with Crippen LogP contribution in [0.15, 0.2) is 0 Å². The Morgan fingerprint density at radius 3 is 2.77 bits per heavy atom. The van der Waals surface area contributed by atoms with Crippen LogP contribution in [0.3, 0.4) is 0 Å². The van der Waals surface area contributed by atoms with Crippen LogP contribution in [0.25, 0.3) is 0 Å². The van der Waals surface area contributed by atoms with Gasteiger partial charge in [-0.3, -0.25) is 9.59 Å². The molecule has 0 spiro atoms. The molecule has 1 N–H and O–H groups in total. The molecule has 5 nitrogen and oxygen atoms in total. The number of aliphatic carboxylic acids is 1. The molecule has 0 bridgehead atoms. The summed E-state index contributed by atoms with van der Waals surface area (Å²) in [7, 11) is 1.45. The van der Waals surface area contributed by atoms with Gasteiger partial charge in [-0.2, -0.15) is 0 Å². The topological polar surface area (TPSA) is 66.8 Å². The summed E-state index contributed by atoms with van der Waals surface area (Å²) in [6.45, 7) is 0.878. The molecule has 1 heterocycles. The zero-order chi connectivity index (χ0) is 9.84. The van der Waals surface area contributed by atoms with Crippen molar-refractivity contribution in [3.05, 3.63) is 0 Å². The van der Waals surface area contributed by atoms with Gasteiger partial charge in [-0.1, -0.05) is 0 Å².